The van der Waals surface area contributed by atoms with Crippen LogP contribution in [0, 0.1) is 11.8 Å². The fraction of sp³-hybridized carbons (Fsp3) is 1.00. The smallest absolute Gasteiger partial charge is 0.103 e. The van der Waals surface area contributed by atoms with Crippen LogP contribution in [0.4, 0.5) is 4.39 Å². The summed E-state index contributed by atoms with van der Waals surface area (Å²) >= 11 is 0. The summed E-state index contributed by atoms with van der Waals surface area (Å²) < 4.78 is 12.9. The van der Waals surface area contributed by atoms with Gasteiger partial charge in [0, 0.05) is 0 Å². The Hall–Kier alpha value is -0.110. The predicted octanol–water partition coefficient (Wildman–Crippen LogP) is 1.51. The van der Waals surface area contributed by atoms with Gasteiger partial charge in [0.05, 0.1) is 6.10 Å². The lowest BCUT2D eigenvalue weighted by atomic mass is 9.99. The molecule has 0 heterocycles. The molecular weight excluding hydrogens is 131 g/mol. The van der Waals surface area contributed by atoms with Crippen molar-refractivity contribution in [1.82, 2.24) is 0 Å². The molecule has 10 heavy (non-hydrogen) atoms. The number of halogens is 1. The lowest BCUT2D eigenvalue weighted by Crippen LogP contribution is -2.16. The van der Waals surface area contributed by atoms with E-state index in [1.54, 1.807) is 0 Å². The summed E-state index contributed by atoms with van der Waals surface area (Å²) in [5.41, 5.74) is 0. The molecule has 2 rings (SSSR count). The molecule has 0 aromatic carbocycles. The standard InChI is InChI=1S/C8H13FO/c9-7-3-1-6-5(7)2-4-8(6)10/h5-8,10H,1-4H2/t5-,6-,7+,8+/m1/s1. The van der Waals surface area contributed by atoms with E-state index in [2.05, 4.69) is 0 Å². The van der Waals surface area contributed by atoms with Crippen molar-refractivity contribution < 1.29 is 9.50 Å². The first-order valence-electron chi connectivity index (χ1n) is 4.11. The summed E-state index contributed by atoms with van der Waals surface area (Å²) in [6, 6.07) is 0. The fourth-order valence-corrected chi connectivity index (χ4v) is 2.50. The molecule has 0 aliphatic heterocycles. The molecule has 2 heteroatoms. The zero-order valence-corrected chi connectivity index (χ0v) is 5.96. The summed E-state index contributed by atoms with van der Waals surface area (Å²) in [6.45, 7) is 0. The zero-order chi connectivity index (χ0) is 7.14. The van der Waals surface area contributed by atoms with Gasteiger partial charge in [0.2, 0.25) is 0 Å². The molecule has 2 saturated carbocycles. The highest BCUT2D eigenvalue weighted by Crippen LogP contribution is 2.45. The van der Waals surface area contributed by atoms with Crippen LogP contribution in [0.2, 0.25) is 0 Å². The maximum Gasteiger partial charge on any atom is 0.103 e. The monoisotopic (exact) mass is 144 g/mol. The molecule has 4 atom stereocenters. The first kappa shape index (κ1) is 6.59. The van der Waals surface area contributed by atoms with Gasteiger partial charge in [0.1, 0.15) is 6.17 Å². The Balaban J connectivity index is 2.09. The van der Waals surface area contributed by atoms with Gasteiger partial charge in [0.15, 0.2) is 0 Å². The Bertz CT molecular complexity index is 121. The van der Waals surface area contributed by atoms with Crippen molar-refractivity contribution in [2.75, 3.05) is 0 Å². The molecule has 58 valence electrons. The molecule has 0 saturated heterocycles. The van der Waals surface area contributed by atoms with Crippen LogP contribution >= 0.6 is 0 Å². The third kappa shape index (κ3) is 0.782. The van der Waals surface area contributed by atoms with E-state index in [9.17, 15) is 9.50 Å². The van der Waals surface area contributed by atoms with Crippen LogP contribution in [0.5, 0.6) is 0 Å². The SMILES string of the molecule is O[C@H]1CC[C@@H]2[C@H]1CC[C@@H]2F. The minimum atomic E-state index is -0.609. The lowest BCUT2D eigenvalue weighted by Gasteiger charge is -2.12. The third-order valence-corrected chi connectivity index (χ3v) is 3.08. The second-order valence-corrected chi connectivity index (χ2v) is 3.57. The van der Waals surface area contributed by atoms with E-state index in [0.29, 0.717) is 12.3 Å². The van der Waals surface area contributed by atoms with Crippen LogP contribution < -0.4 is 0 Å². The summed E-state index contributed by atoms with van der Waals surface area (Å²) in [7, 11) is 0. The molecule has 2 aliphatic rings. The third-order valence-electron chi connectivity index (χ3n) is 3.08. The van der Waals surface area contributed by atoms with Crippen molar-refractivity contribution in [2.24, 2.45) is 11.8 Å². The maximum atomic E-state index is 12.9. The molecule has 1 N–H and O–H groups in total. The molecule has 2 fully saturated rings. The van der Waals surface area contributed by atoms with Crippen LogP contribution in [0.25, 0.3) is 0 Å². The molecule has 2 aliphatic carbocycles. The highest BCUT2D eigenvalue weighted by atomic mass is 19.1. The summed E-state index contributed by atoms with van der Waals surface area (Å²) in [5.74, 6) is 0.505. The van der Waals surface area contributed by atoms with Gasteiger partial charge < -0.3 is 5.11 Å². The molecule has 0 amide bonds. The molecule has 1 nitrogen and oxygen atoms in total. The van der Waals surface area contributed by atoms with Crippen molar-refractivity contribution in [3.05, 3.63) is 0 Å². The van der Waals surface area contributed by atoms with Gasteiger partial charge in [-0.2, -0.15) is 0 Å². The van der Waals surface area contributed by atoms with Crippen molar-refractivity contribution in [2.45, 2.75) is 38.0 Å². The molecule has 0 aromatic rings. The molecule has 0 spiro atoms. The van der Waals surface area contributed by atoms with E-state index in [4.69, 9.17) is 0 Å². The van der Waals surface area contributed by atoms with Gasteiger partial charge in [-0.1, -0.05) is 0 Å². The van der Waals surface area contributed by atoms with Gasteiger partial charge in [-0.15, -0.1) is 0 Å². The number of hydrogen-bond donors (Lipinski definition) is 1. The topological polar surface area (TPSA) is 20.2 Å². The van der Waals surface area contributed by atoms with E-state index >= 15 is 0 Å². The molecular formula is C8H13FO. The van der Waals surface area contributed by atoms with E-state index < -0.39 is 6.17 Å². The van der Waals surface area contributed by atoms with E-state index in [1.165, 1.54) is 0 Å². The minimum absolute atomic E-state index is 0.189. The first-order chi connectivity index (χ1) is 4.79. The summed E-state index contributed by atoms with van der Waals surface area (Å²) in [5, 5.41) is 9.35. The second kappa shape index (κ2) is 2.19. The largest absolute Gasteiger partial charge is 0.393 e. The molecule has 0 aromatic heterocycles. The number of alkyl halides is 1. The van der Waals surface area contributed by atoms with Crippen molar-refractivity contribution >= 4 is 0 Å². The zero-order valence-electron chi connectivity index (χ0n) is 5.96. The molecule has 0 bridgehead atoms. The Morgan fingerprint density at radius 3 is 2.40 bits per heavy atom. The van der Waals surface area contributed by atoms with Gasteiger partial charge in [-0.05, 0) is 37.5 Å². The highest BCUT2D eigenvalue weighted by Gasteiger charge is 2.44. The van der Waals surface area contributed by atoms with Gasteiger partial charge in [-0.25, -0.2) is 4.39 Å². The van der Waals surface area contributed by atoms with Gasteiger partial charge in [0.25, 0.3) is 0 Å². The molecule has 0 unspecified atom stereocenters. The predicted molar refractivity (Wildman–Crippen MR) is 36.4 cm³/mol. The van der Waals surface area contributed by atoms with Crippen LogP contribution in [0.1, 0.15) is 25.7 Å². The van der Waals surface area contributed by atoms with Crippen LogP contribution in [-0.2, 0) is 0 Å². The van der Waals surface area contributed by atoms with Crippen molar-refractivity contribution in [1.29, 1.82) is 0 Å². The number of rotatable bonds is 0. The lowest BCUT2D eigenvalue weighted by molar-refractivity contribution is 0.121. The highest BCUT2D eigenvalue weighted by molar-refractivity contribution is 4.94. The number of hydrogen-bond acceptors (Lipinski definition) is 1. The summed E-state index contributed by atoms with van der Waals surface area (Å²) in [6.07, 6.45) is 2.54. The maximum absolute atomic E-state index is 12.9. The van der Waals surface area contributed by atoms with E-state index in [1.807, 2.05) is 0 Å². The van der Waals surface area contributed by atoms with Crippen LogP contribution in [0.3, 0.4) is 0 Å². The second-order valence-electron chi connectivity index (χ2n) is 3.57. The number of aliphatic hydroxyl groups excluding tert-OH is 1. The van der Waals surface area contributed by atoms with Gasteiger partial charge >= 0.3 is 0 Å². The fourth-order valence-electron chi connectivity index (χ4n) is 2.50. The minimum Gasteiger partial charge on any atom is -0.393 e. The summed E-state index contributed by atoms with van der Waals surface area (Å²) in [4.78, 5) is 0. The van der Waals surface area contributed by atoms with E-state index in [-0.39, 0.29) is 12.0 Å². The van der Waals surface area contributed by atoms with E-state index in [0.717, 1.165) is 19.3 Å². The van der Waals surface area contributed by atoms with Crippen molar-refractivity contribution in [3.8, 4) is 0 Å². The molecule has 0 radical (unpaired) electrons. The van der Waals surface area contributed by atoms with Crippen LogP contribution in [-0.4, -0.2) is 17.4 Å². The van der Waals surface area contributed by atoms with Crippen LogP contribution in [0.15, 0.2) is 0 Å². The first-order valence-corrected chi connectivity index (χ1v) is 4.11. The average Bonchev–Trinajstić information content (AvgIpc) is 2.41. The Kier molecular flexibility index (Phi) is 1.44. The normalized spacial score (nSPS) is 53.4. The Morgan fingerprint density at radius 1 is 1.00 bits per heavy atom. The Labute approximate surface area is 60.2 Å². The average molecular weight is 144 g/mol. The number of aliphatic hydroxyl groups is 1. The van der Waals surface area contributed by atoms with Crippen molar-refractivity contribution in [3.63, 3.8) is 0 Å². The van der Waals surface area contributed by atoms with Gasteiger partial charge in [-0.3, -0.25) is 0 Å². The quantitative estimate of drug-likeness (QED) is 0.546. The Morgan fingerprint density at radius 2 is 1.70 bits per heavy atom. The number of fused-ring (bicyclic) bond motifs is 1.